The van der Waals surface area contributed by atoms with Crippen LogP contribution in [0.25, 0.3) is 11.1 Å². The number of carbonyl (C=O) groups excluding carboxylic acids is 1. The molecule has 4 rings (SSSR count). The van der Waals surface area contributed by atoms with Gasteiger partial charge >= 0.3 is 12.1 Å². The first kappa shape index (κ1) is 24.3. The van der Waals surface area contributed by atoms with Crippen LogP contribution in [0.5, 0.6) is 5.75 Å². The molecule has 2 N–H and O–H groups in total. The number of amides is 1. The lowest BCUT2D eigenvalue weighted by atomic mass is 9.98. The van der Waals surface area contributed by atoms with Gasteiger partial charge < -0.3 is 19.9 Å². The fraction of sp³-hybridized carbons (Fsp3) is 0.310. The molecule has 6 heteroatoms. The molecule has 1 atom stereocenters. The summed E-state index contributed by atoms with van der Waals surface area (Å²) >= 11 is 0. The number of carboxylic acids is 1. The molecule has 0 unspecified atom stereocenters. The van der Waals surface area contributed by atoms with Crippen LogP contribution in [0.1, 0.15) is 49.8 Å². The summed E-state index contributed by atoms with van der Waals surface area (Å²) in [6.07, 6.45) is 0.0169. The highest BCUT2D eigenvalue weighted by atomic mass is 16.5. The summed E-state index contributed by atoms with van der Waals surface area (Å²) in [6, 6.07) is 22.7. The molecule has 0 bridgehead atoms. The fourth-order valence-electron chi connectivity index (χ4n) is 4.43. The van der Waals surface area contributed by atoms with Crippen LogP contribution in [0.2, 0.25) is 0 Å². The van der Waals surface area contributed by atoms with Gasteiger partial charge in [0.25, 0.3) is 0 Å². The van der Waals surface area contributed by atoms with Crippen molar-refractivity contribution in [3.8, 4) is 16.9 Å². The Morgan fingerprint density at radius 2 is 1.49 bits per heavy atom. The van der Waals surface area contributed by atoms with Crippen molar-refractivity contribution in [2.45, 2.75) is 51.2 Å². The van der Waals surface area contributed by atoms with Gasteiger partial charge in [-0.3, -0.25) is 0 Å². The monoisotopic (exact) mass is 473 g/mol. The van der Waals surface area contributed by atoms with Crippen LogP contribution in [-0.4, -0.2) is 35.4 Å². The molecule has 1 aliphatic rings. The Balaban J connectivity index is 1.33. The van der Waals surface area contributed by atoms with E-state index in [0.29, 0.717) is 6.42 Å². The number of carboxylic acid groups (broad SMARTS) is 1. The van der Waals surface area contributed by atoms with Gasteiger partial charge in [-0.05, 0) is 73.6 Å². The van der Waals surface area contributed by atoms with E-state index in [0.717, 1.165) is 33.6 Å². The highest BCUT2D eigenvalue weighted by molar-refractivity contribution is 5.81. The number of ether oxygens (including phenoxy) is 2. The number of nitrogens with one attached hydrogen (secondary N) is 1. The van der Waals surface area contributed by atoms with Crippen LogP contribution in [-0.2, 0) is 16.0 Å². The van der Waals surface area contributed by atoms with Crippen molar-refractivity contribution in [3.05, 3.63) is 89.5 Å². The first-order chi connectivity index (χ1) is 16.7. The van der Waals surface area contributed by atoms with Crippen LogP contribution in [0, 0.1) is 0 Å². The van der Waals surface area contributed by atoms with E-state index >= 15 is 0 Å². The van der Waals surface area contributed by atoms with E-state index in [9.17, 15) is 14.7 Å². The number of benzene rings is 3. The second kappa shape index (κ2) is 10.2. The Bertz CT molecular complexity index is 1150. The third kappa shape index (κ3) is 6.01. The minimum atomic E-state index is -1.09. The summed E-state index contributed by atoms with van der Waals surface area (Å²) in [4.78, 5) is 24.3. The first-order valence-corrected chi connectivity index (χ1v) is 11.8. The number of aryl methyl sites for hydroxylation is 1. The van der Waals surface area contributed by atoms with Crippen molar-refractivity contribution in [2.75, 3.05) is 6.61 Å². The van der Waals surface area contributed by atoms with Crippen LogP contribution in [0.4, 0.5) is 4.79 Å². The molecular formula is C29H31NO5. The Kier molecular flexibility index (Phi) is 7.10. The molecule has 0 saturated carbocycles. The minimum absolute atomic E-state index is 0.0785. The number of fused-ring (bicyclic) bond motifs is 3. The maximum atomic E-state index is 12.5. The molecule has 1 aliphatic carbocycles. The molecule has 3 aromatic carbocycles. The molecule has 0 spiro atoms. The standard InChI is InChI=1S/C29H31NO5/c1-29(2,3)35-20-15-12-19(13-16-20)14-17-26(27(31)32)30-28(33)34-18-25-23-10-6-4-8-21(23)22-9-5-7-11-24(22)25/h4-13,15-16,25-26H,14,17-18H2,1-3H3,(H,30,33)(H,31,32)/t26-/m1/s1. The van der Waals surface area contributed by atoms with Gasteiger partial charge in [-0.15, -0.1) is 0 Å². The van der Waals surface area contributed by atoms with E-state index in [1.165, 1.54) is 0 Å². The number of hydrogen-bond acceptors (Lipinski definition) is 4. The van der Waals surface area contributed by atoms with Crippen LogP contribution in [0.15, 0.2) is 72.8 Å². The Morgan fingerprint density at radius 1 is 0.914 bits per heavy atom. The maximum Gasteiger partial charge on any atom is 0.407 e. The smallest absolute Gasteiger partial charge is 0.407 e. The molecule has 0 radical (unpaired) electrons. The average Bonchev–Trinajstić information content (AvgIpc) is 3.14. The van der Waals surface area contributed by atoms with Crippen LogP contribution in [0.3, 0.4) is 0 Å². The third-order valence-corrected chi connectivity index (χ3v) is 6.00. The van der Waals surface area contributed by atoms with E-state index in [1.54, 1.807) is 0 Å². The van der Waals surface area contributed by atoms with E-state index in [-0.39, 0.29) is 24.5 Å². The predicted molar refractivity (Wildman–Crippen MR) is 135 cm³/mol. The molecular weight excluding hydrogens is 442 g/mol. The Hall–Kier alpha value is -3.80. The second-order valence-corrected chi connectivity index (χ2v) is 9.76. The Labute approximate surface area is 205 Å². The summed E-state index contributed by atoms with van der Waals surface area (Å²) in [5.74, 6) is -0.413. The lowest BCUT2D eigenvalue weighted by molar-refractivity contribution is -0.139. The number of alkyl carbamates (subject to hydrolysis) is 1. The minimum Gasteiger partial charge on any atom is -0.488 e. The van der Waals surface area contributed by atoms with Crippen LogP contribution >= 0.6 is 0 Å². The molecule has 182 valence electrons. The molecule has 35 heavy (non-hydrogen) atoms. The summed E-state index contributed by atoms with van der Waals surface area (Å²) in [5.41, 5.74) is 5.17. The normalized spacial score (nSPS) is 13.5. The summed E-state index contributed by atoms with van der Waals surface area (Å²) in [7, 11) is 0. The van der Waals surface area contributed by atoms with Gasteiger partial charge in [-0.2, -0.15) is 0 Å². The zero-order valence-corrected chi connectivity index (χ0v) is 20.3. The highest BCUT2D eigenvalue weighted by Crippen LogP contribution is 2.44. The molecule has 0 fully saturated rings. The number of hydrogen-bond donors (Lipinski definition) is 2. The molecule has 0 aliphatic heterocycles. The summed E-state index contributed by atoms with van der Waals surface area (Å²) in [5, 5.41) is 12.1. The number of rotatable bonds is 8. The van der Waals surface area contributed by atoms with Gasteiger partial charge in [-0.1, -0.05) is 60.7 Å². The third-order valence-electron chi connectivity index (χ3n) is 6.00. The highest BCUT2D eigenvalue weighted by Gasteiger charge is 2.29. The molecule has 0 saturated heterocycles. The quantitative estimate of drug-likeness (QED) is 0.433. The zero-order valence-electron chi connectivity index (χ0n) is 20.3. The maximum absolute atomic E-state index is 12.5. The van der Waals surface area contributed by atoms with Gasteiger partial charge in [0.15, 0.2) is 0 Å². The van der Waals surface area contributed by atoms with Crippen molar-refractivity contribution in [1.29, 1.82) is 0 Å². The SMILES string of the molecule is CC(C)(C)Oc1ccc(CC[C@@H](NC(=O)OCC2c3ccccc3-c3ccccc32)C(=O)O)cc1. The number of aliphatic carboxylic acids is 1. The van der Waals surface area contributed by atoms with Crippen LogP contribution < -0.4 is 10.1 Å². The van der Waals surface area contributed by atoms with E-state index < -0.39 is 18.1 Å². The molecule has 0 heterocycles. The summed E-state index contributed by atoms with van der Waals surface area (Å²) < 4.78 is 11.3. The van der Waals surface area contributed by atoms with Crippen molar-refractivity contribution >= 4 is 12.1 Å². The van der Waals surface area contributed by atoms with Gasteiger partial charge in [0.2, 0.25) is 0 Å². The largest absolute Gasteiger partial charge is 0.488 e. The zero-order chi connectivity index (χ0) is 25.0. The summed E-state index contributed by atoms with van der Waals surface area (Å²) in [6.45, 7) is 6.08. The van der Waals surface area contributed by atoms with Crippen molar-refractivity contribution < 1.29 is 24.2 Å². The van der Waals surface area contributed by atoms with E-state index in [2.05, 4.69) is 17.4 Å². The van der Waals surface area contributed by atoms with Gasteiger partial charge in [0.1, 0.15) is 24.0 Å². The lowest BCUT2D eigenvalue weighted by Gasteiger charge is -2.21. The second-order valence-electron chi connectivity index (χ2n) is 9.76. The lowest BCUT2D eigenvalue weighted by Crippen LogP contribution is -2.41. The van der Waals surface area contributed by atoms with Gasteiger partial charge in [0.05, 0.1) is 0 Å². The van der Waals surface area contributed by atoms with E-state index in [1.807, 2.05) is 81.4 Å². The average molecular weight is 474 g/mol. The van der Waals surface area contributed by atoms with E-state index in [4.69, 9.17) is 9.47 Å². The van der Waals surface area contributed by atoms with Crippen molar-refractivity contribution in [2.24, 2.45) is 0 Å². The molecule has 6 nitrogen and oxygen atoms in total. The van der Waals surface area contributed by atoms with Gasteiger partial charge in [0, 0.05) is 5.92 Å². The fourth-order valence-corrected chi connectivity index (χ4v) is 4.43. The predicted octanol–water partition coefficient (Wildman–Crippen LogP) is 5.79. The van der Waals surface area contributed by atoms with Crippen molar-refractivity contribution in [1.82, 2.24) is 5.32 Å². The van der Waals surface area contributed by atoms with Crippen molar-refractivity contribution in [3.63, 3.8) is 0 Å². The molecule has 3 aromatic rings. The molecule has 1 amide bonds. The topological polar surface area (TPSA) is 84.9 Å². The Morgan fingerprint density at radius 3 is 2.03 bits per heavy atom. The number of carbonyl (C=O) groups is 2. The molecule has 0 aromatic heterocycles. The first-order valence-electron chi connectivity index (χ1n) is 11.8. The van der Waals surface area contributed by atoms with Gasteiger partial charge in [-0.25, -0.2) is 9.59 Å².